The Bertz CT molecular complexity index is 2180. The third-order valence-electron chi connectivity index (χ3n) is 8.84. The highest BCUT2D eigenvalue weighted by atomic mass is 35.5. The molecule has 7 rings (SSSR count). The number of carboxylic acid groups (broad SMARTS) is 1. The van der Waals surface area contributed by atoms with Crippen molar-refractivity contribution in [1.82, 2.24) is 24.4 Å². The number of aromatic carboxylic acids is 1. The molecule has 0 radical (unpaired) electrons. The summed E-state index contributed by atoms with van der Waals surface area (Å²) in [5.41, 5.74) is 1.57. The number of hydrogen-bond acceptors (Lipinski definition) is 10. The summed E-state index contributed by atoms with van der Waals surface area (Å²) in [7, 11) is 0. The van der Waals surface area contributed by atoms with Gasteiger partial charge in [0.15, 0.2) is 0 Å². The van der Waals surface area contributed by atoms with Crippen LogP contribution in [0.5, 0.6) is 5.75 Å². The van der Waals surface area contributed by atoms with Crippen LogP contribution in [0.4, 0.5) is 14.6 Å². The summed E-state index contributed by atoms with van der Waals surface area (Å²) in [6.45, 7) is 2.62. The Morgan fingerprint density at radius 3 is 2.77 bits per heavy atom. The molecule has 246 valence electrons. The number of thiophene rings is 1. The molecule has 1 saturated heterocycles. The fourth-order valence-corrected chi connectivity index (χ4v) is 7.60. The van der Waals surface area contributed by atoms with Gasteiger partial charge in [-0.2, -0.15) is 5.26 Å². The van der Waals surface area contributed by atoms with Crippen LogP contribution in [0.3, 0.4) is 0 Å². The van der Waals surface area contributed by atoms with E-state index in [4.69, 9.17) is 16.3 Å². The molecule has 1 unspecified atom stereocenters. The maximum absolute atomic E-state index is 14.1. The van der Waals surface area contributed by atoms with Gasteiger partial charge in [0, 0.05) is 53.4 Å². The lowest BCUT2D eigenvalue weighted by atomic mass is 10.0. The highest BCUT2D eigenvalue weighted by Gasteiger charge is 2.42. The van der Waals surface area contributed by atoms with Gasteiger partial charge in [-0.1, -0.05) is 11.6 Å². The third-order valence-corrected chi connectivity index (χ3v) is 10.1. The molecule has 15 heteroatoms. The van der Waals surface area contributed by atoms with Gasteiger partial charge in [0.05, 0.1) is 45.5 Å². The average Bonchev–Trinajstić information content (AvgIpc) is 3.83. The molecule has 1 aromatic carbocycles. The van der Waals surface area contributed by atoms with Crippen LogP contribution in [0.25, 0.3) is 32.2 Å². The van der Waals surface area contributed by atoms with E-state index in [0.29, 0.717) is 51.0 Å². The standard InChI is InChI=1S/C33H28ClF2N7O4S/c1-17-40-24-14-39-31(41-8-9-43(19-3-4-19)25(15-41)30(35)36)22(13-37)27(24)32(44)42(17)10-11-47-26-5-2-18(34)12-21(26)20-6-7-38-28-23(33(45)46)16-48-29(20)28/h2,5-7,12,14,16,19,25,30H,3-4,8-11,15H2,1H3,(H,45,46). The van der Waals surface area contributed by atoms with Crippen LogP contribution in [0, 0.1) is 18.3 Å². The molecule has 1 N–H and O–H groups in total. The molecule has 11 nitrogen and oxygen atoms in total. The molecular formula is C33H28ClF2N7O4S. The molecule has 2 fully saturated rings. The zero-order chi connectivity index (χ0) is 33.7. The number of rotatable bonds is 9. The van der Waals surface area contributed by atoms with E-state index in [0.717, 1.165) is 12.8 Å². The minimum Gasteiger partial charge on any atom is -0.491 e. The van der Waals surface area contributed by atoms with Crippen LogP contribution >= 0.6 is 22.9 Å². The molecule has 1 saturated carbocycles. The predicted molar refractivity (Wildman–Crippen MR) is 178 cm³/mol. The van der Waals surface area contributed by atoms with Crippen molar-refractivity contribution in [2.45, 2.75) is 44.8 Å². The summed E-state index contributed by atoms with van der Waals surface area (Å²) in [6, 6.07) is 8.14. The fourth-order valence-electron chi connectivity index (χ4n) is 6.40. The number of carboxylic acids is 1. The minimum atomic E-state index is -2.56. The number of fused-ring (bicyclic) bond motifs is 2. The molecule has 1 aliphatic carbocycles. The number of alkyl halides is 2. The van der Waals surface area contributed by atoms with Crippen LogP contribution < -0.4 is 15.2 Å². The van der Waals surface area contributed by atoms with Crippen LogP contribution in [-0.4, -0.2) is 80.2 Å². The summed E-state index contributed by atoms with van der Waals surface area (Å²) in [6.07, 6.45) is 2.21. The minimum absolute atomic E-state index is 0.00102. The summed E-state index contributed by atoms with van der Waals surface area (Å²) >= 11 is 7.61. The monoisotopic (exact) mass is 691 g/mol. The molecular weight excluding hydrogens is 664 g/mol. The first-order valence-electron chi connectivity index (χ1n) is 15.3. The first-order valence-corrected chi connectivity index (χ1v) is 16.5. The number of hydrogen-bond donors (Lipinski definition) is 1. The molecule has 5 aromatic rings. The van der Waals surface area contributed by atoms with Crippen molar-refractivity contribution >= 4 is 55.8 Å². The summed E-state index contributed by atoms with van der Waals surface area (Å²) in [4.78, 5) is 42.4. The Morgan fingerprint density at radius 1 is 1.23 bits per heavy atom. The zero-order valence-electron chi connectivity index (χ0n) is 25.6. The molecule has 2 aliphatic rings. The maximum atomic E-state index is 14.1. The van der Waals surface area contributed by atoms with Crippen LogP contribution in [0.1, 0.15) is 34.6 Å². The lowest BCUT2D eigenvalue weighted by Crippen LogP contribution is -2.57. The van der Waals surface area contributed by atoms with E-state index in [1.165, 1.54) is 33.7 Å². The second-order valence-corrected chi connectivity index (χ2v) is 13.1. The number of nitrogens with zero attached hydrogens (tertiary/aromatic N) is 7. The van der Waals surface area contributed by atoms with Crippen molar-refractivity contribution < 1.29 is 23.4 Å². The number of benzene rings is 1. The normalized spacial score (nSPS) is 16.9. The lowest BCUT2D eigenvalue weighted by molar-refractivity contribution is 0.0146. The molecule has 48 heavy (non-hydrogen) atoms. The van der Waals surface area contributed by atoms with E-state index in [1.54, 1.807) is 36.1 Å². The van der Waals surface area contributed by atoms with Crippen LogP contribution in [0.15, 0.2) is 46.8 Å². The van der Waals surface area contributed by atoms with E-state index in [1.807, 2.05) is 4.90 Å². The summed E-state index contributed by atoms with van der Waals surface area (Å²) < 4.78 is 36.4. The number of nitriles is 1. The molecule has 1 aliphatic heterocycles. The summed E-state index contributed by atoms with van der Waals surface area (Å²) in [5, 5.41) is 21.9. The smallest absolute Gasteiger partial charge is 0.338 e. The maximum Gasteiger partial charge on any atom is 0.338 e. The number of piperazine rings is 1. The Labute approximate surface area is 281 Å². The van der Waals surface area contributed by atoms with Crippen LogP contribution in [-0.2, 0) is 6.54 Å². The summed E-state index contributed by atoms with van der Waals surface area (Å²) in [5.74, 6) is -0.0305. The predicted octanol–water partition coefficient (Wildman–Crippen LogP) is 5.60. The fraction of sp³-hybridized carbons (Fsp3) is 0.333. The van der Waals surface area contributed by atoms with Gasteiger partial charge in [0.2, 0.25) is 0 Å². The van der Waals surface area contributed by atoms with Gasteiger partial charge in [-0.05, 0) is 44.0 Å². The molecule has 0 amide bonds. The highest BCUT2D eigenvalue weighted by molar-refractivity contribution is 7.18. The number of halogens is 3. The van der Waals surface area contributed by atoms with Gasteiger partial charge < -0.3 is 14.7 Å². The van der Waals surface area contributed by atoms with Crippen molar-refractivity contribution in [3.63, 3.8) is 0 Å². The SMILES string of the molecule is Cc1nc2cnc(N3CCN(C4CC4)C(C(F)F)C3)c(C#N)c2c(=O)n1CCOc1ccc(Cl)cc1-c1ccnc2c(C(=O)O)csc12. The molecule has 5 heterocycles. The van der Waals surface area contributed by atoms with E-state index in [9.17, 15) is 28.7 Å². The van der Waals surface area contributed by atoms with Crippen LogP contribution in [0.2, 0.25) is 5.02 Å². The van der Waals surface area contributed by atoms with Gasteiger partial charge in [-0.3, -0.25) is 19.2 Å². The number of pyridine rings is 2. The topological polar surface area (TPSA) is 137 Å². The van der Waals surface area contributed by atoms with Crippen molar-refractivity contribution in [3.05, 3.63) is 74.4 Å². The Kier molecular flexibility index (Phi) is 8.44. The quantitative estimate of drug-likeness (QED) is 0.208. The number of aryl methyl sites for hydroxylation is 1. The van der Waals surface area contributed by atoms with Crippen molar-refractivity contribution in [2.75, 3.05) is 31.1 Å². The number of carbonyl (C=O) groups is 1. The van der Waals surface area contributed by atoms with Crippen molar-refractivity contribution in [3.8, 4) is 22.9 Å². The Morgan fingerprint density at radius 2 is 2.04 bits per heavy atom. The average molecular weight is 692 g/mol. The molecule has 4 aromatic heterocycles. The largest absolute Gasteiger partial charge is 0.491 e. The second kappa shape index (κ2) is 12.7. The van der Waals surface area contributed by atoms with Gasteiger partial charge in [0.1, 0.15) is 35.6 Å². The van der Waals surface area contributed by atoms with Crippen molar-refractivity contribution in [2.24, 2.45) is 0 Å². The van der Waals surface area contributed by atoms with E-state index in [-0.39, 0.29) is 53.6 Å². The van der Waals surface area contributed by atoms with Gasteiger partial charge in [0.25, 0.3) is 12.0 Å². The number of ether oxygens (including phenoxy) is 1. The zero-order valence-corrected chi connectivity index (χ0v) is 27.1. The van der Waals surface area contributed by atoms with Gasteiger partial charge >= 0.3 is 5.97 Å². The number of anilines is 1. The molecule has 1 atom stereocenters. The third kappa shape index (κ3) is 5.72. The first kappa shape index (κ1) is 31.9. The lowest BCUT2D eigenvalue weighted by Gasteiger charge is -2.42. The van der Waals surface area contributed by atoms with E-state index >= 15 is 0 Å². The number of aromatic nitrogens is 4. The van der Waals surface area contributed by atoms with Gasteiger partial charge in [-0.15, -0.1) is 11.3 Å². The highest BCUT2D eigenvalue weighted by Crippen LogP contribution is 2.40. The van der Waals surface area contributed by atoms with E-state index in [2.05, 4.69) is 21.0 Å². The van der Waals surface area contributed by atoms with Gasteiger partial charge in [-0.25, -0.2) is 23.5 Å². The first-order chi connectivity index (χ1) is 23.2. The van der Waals surface area contributed by atoms with Crippen molar-refractivity contribution in [1.29, 1.82) is 5.26 Å². The second-order valence-electron chi connectivity index (χ2n) is 11.7. The Balaban J connectivity index is 1.18. The molecule has 0 spiro atoms. The molecule has 0 bridgehead atoms. The Hall–Kier alpha value is -4.71. The van der Waals surface area contributed by atoms with E-state index < -0.39 is 24.0 Å².